The number of hydrogen-bond donors (Lipinski definition) is 2. The molecule has 12 heteroatoms. The summed E-state index contributed by atoms with van der Waals surface area (Å²) >= 11 is 0. The molecule has 3 aromatic carbocycles. The van der Waals surface area contributed by atoms with Gasteiger partial charge in [0.1, 0.15) is 5.82 Å². The van der Waals surface area contributed by atoms with Gasteiger partial charge in [-0.1, -0.05) is 36.4 Å². The van der Waals surface area contributed by atoms with E-state index in [0.29, 0.717) is 18.1 Å². The molecule has 1 amide bonds. The lowest BCUT2D eigenvalue weighted by Gasteiger charge is -2.33. The molecular formula is C32H36F4N4O3S. The van der Waals surface area contributed by atoms with Crippen LogP contribution in [0.5, 0.6) is 0 Å². The second-order valence-corrected chi connectivity index (χ2v) is 13.3. The number of likely N-dealkylation sites (N-methyl/N-ethyl adjacent to an activating group) is 1. The number of fused-ring (bicyclic) bond motifs is 1. The molecule has 0 aromatic heterocycles. The Bertz CT molecular complexity index is 1570. The van der Waals surface area contributed by atoms with E-state index in [9.17, 15) is 30.8 Å². The molecule has 3 aromatic rings. The van der Waals surface area contributed by atoms with Gasteiger partial charge in [-0.05, 0) is 78.9 Å². The predicted octanol–water partition coefficient (Wildman–Crippen LogP) is 5.20. The van der Waals surface area contributed by atoms with Gasteiger partial charge in [0, 0.05) is 39.1 Å². The SMILES string of the molecule is CN1CCN(Cc2ccc3c(c2)CCC[C@H]3NC(=O)C[C@@H](NS(=O)(=O)c2cccc(C(F)(F)F)c2)c2ccc(F)cc2)CC1. The average molecular weight is 633 g/mol. The Labute approximate surface area is 255 Å². The summed E-state index contributed by atoms with van der Waals surface area (Å²) in [5.74, 6) is -0.992. The number of sulfonamides is 1. The van der Waals surface area contributed by atoms with Crippen LogP contribution in [0.25, 0.3) is 0 Å². The van der Waals surface area contributed by atoms with Crippen molar-refractivity contribution in [2.45, 2.75) is 55.4 Å². The highest BCUT2D eigenvalue weighted by Gasteiger charge is 2.33. The van der Waals surface area contributed by atoms with Gasteiger partial charge in [0.05, 0.1) is 22.5 Å². The zero-order chi connectivity index (χ0) is 31.5. The van der Waals surface area contributed by atoms with Gasteiger partial charge in [-0.2, -0.15) is 13.2 Å². The lowest BCUT2D eigenvalue weighted by Crippen LogP contribution is -2.43. The molecule has 2 N–H and O–H groups in total. The maximum atomic E-state index is 13.7. The number of hydrogen-bond acceptors (Lipinski definition) is 5. The Morgan fingerprint density at radius 1 is 1.00 bits per heavy atom. The van der Waals surface area contributed by atoms with Gasteiger partial charge < -0.3 is 10.2 Å². The van der Waals surface area contributed by atoms with Gasteiger partial charge in [0.2, 0.25) is 15.9 Å². The van der Waals surface area contributed by atoms with Crippen molar-refractivity contribution >= 4 is 15.9 Å². The Kier molecular flexibility index (Phi) is 9.74. The van der Waals surface area contributed by atoms with Gasteiger partial charge >= 0.3 is 6.18 Å². The van der Waals surface area contributed by atoms with E-state index in [1.807, 2.05) is 0 Å². The summed E-state index contributed by atoms with van der Waals surface area (Å²) in [5, 5.41) is 3.03. The zero-order valence-corrected chi connectivity index (χ0v) is 25.2. The Balaban J connectivity index is 1.31. The van der Waals surface area contributed by atoms with Crippen LogP contribution in [0.2, 0.25) is 0 Å². The first kappa shape index (κ1) is 32.1. The van der Waals surface area contributed by atoms with E-state index in [0.717, 1.165) is 81.5 Å². The van der Waals surface area contributed by atoms with Crippen molar-refractivity contribution in [1.29, 1.82) is 0 Å². The summed E-state index contributed by atoms with van der Waals surface area (Å²) < 4.78 is 82.2. The first-order chi connectivity index (χ1) is 20.9. The molecule has 0 saturated carbocycles. The van der Waals surface area contributed by atoms with Crippen LogP contribution < -0.4 is 10.0 Å². The second kappa shape index (κ2) is 13.4. The van der Waals surface area contributed by atoms with Crippen molar-refractivity contribution in [3.05, 3.63) is 100 Å². The standard InChI is InChI=1S/C32H36F4N4O3S/c1-39-14-16-40(17-15-39)21-22-8-13-28-24(18-22)4-2-7-29(28)37-31(41)20-30(23-9-11-26(33)12-10-23)38-44(42,43)27-6-3-5-25(19-27)32(34,35)36/h3,5-6,8-13,18-19,29-30,38H,2,4,7,14-17,20-21H2,1H3,(H,37,41)/t29-,30-/m1/s1. The Morgan fingerprint density at radius 2 is 1.73 bits per heavy atom. The van der Waals surface area contributed by atoms with Crippen LogP contribution in [0.3, 0.4) is 0 Å². The van der Waals surface area contributed by atoms with E-state index < -0.39 is 44.4 Å². The number of piperazine rings is 1. The highest BCUT2D eigenvalue weighted by molar-refractivity contribution is 7.89. The smallest absolute Gasteiger partial charge is 0.349 e. The molecule has 2 atom stereocenters. The zero-order valence-electron chi connectivity index (χ0n) is 24.4. The molecule has 0 unspecified atom stereocenters. The van der Waals surface area contributed by atoms with E-state index in [2.05, 4.69) is 45.1 Å². The molecule has 5 rings (SSSR count). The van der Waals surface area contributed by atoms with Crippen molar-refractivity contribution < 1.29 is 30.8 Å². The largest absolute Gasteiger partial charge is 0.416 e. The van der Waals surface area contributed by atoms with E-state index in [1.54, 1.807) is 0 Å². The predicted molar refractivity (Wildman–Crippen MR) is 159 cm³/mol. The fourth-order valence-electron chi connectivity index (χ4n) is 5.84. The number of carbonyl (C=O) groups excluding carboxylic acids is 1. The number of benzene rings is 3. The number of halogens is 4. The molecule has 236 valence electrons. The number of nitrogens with zero attached hydrogens (tertiary/aromatic N) is 2. The average Bonchev–Trinajstić information content (AvgIpc) is 2.98. The quantitative estimate of drug-likeness (QED) is 0.318. The Morgan fingerprint density at radius 3 is 2.43 bits per heavy atom. The fourth-order valence-corrected chi connectivity index (χ4v) is 7.11. The topological polar surface area (TPSA) is 81.8 Å². The molecular weight excluding hydrogens is 596 g/mol. The molecule has 0 bridgehead atoms. The summed E-state index contributed by atoms with van der Waals surface area (Å²) in [5.41, 5.74) is 2.61. The monoisotopic (exact) mass is 632 g/mol. The molecule has 0 radical (unpaired) electrons. The van der Waals surface area contributed by atoms with Crippen molar-refractivity contribution in [3.63, 3.8) is 0 Å². The van der Waals surface area contributed by atoms with Gasteiger partial charge in [-0.3, -0.25) is 9.69 Å². The highest BCUT2D eigenvalue weighted by Crippen LogP contribution is 2.33. The molecule has 0 spiro atoms. The van der Waals surface area contributed by atoms with E-state index >= 15 is 0 Å². The third kappa shape index (κ3) is 8.03. The molecule has 1 heterocycles. The lowest BCUT2D eigenvalue weighted by molar-refractivity contribution is -0.137. The Hall–Kier alpha value is -3.32. The van der Waals surface area contributed by atoms with E-state index in [4.69, 9.17) is 0 Å². The van der Waals surface area contributed by atoms with Crippen molar-refractivity contribution in [2.75, 3.05) is 33.2 Å². The van der Waals surface area contributed by atoms with Crippen molar-refractivity contribution in [2.24, 2.45) is 0 Å². The number of amides is 1. The minimum atomic E-state index is -4.73. The number of nitrogens with one attached hydrogen (secondary N) is 2. The molecule has 1 aliphatic carbocycles. The summed E-state index contributed by atoms with van der Waals surface area (Å²) in [4.78, 5) is 17.5. The van der Waals surface area contributed by atoms with E-state index in [1.165, 1.54) is 23.3 Å². The number of carbonyl (C=O) groups is 1. The number of aryl methyl sites for hydroxylation is 1. The summed E-state index contributed by atoms with van der Waals surface area (Å²) in [6, 6.07) is 13.3. The number of rotatable bonds is 9. The maximum Gasteiger partial charge on any atom is 0.416 e. The lowest BCUT2D eigenvalue weighted by atomic mass is 9.86. The molecule has 1 aliphatic heterocycles. The van der Waals surface area contributed by atoms with Crippen LogP contribution in [-0.4, -0.2) is 57.4 Å². The van der Waals surface area contributed by atoms with Crippen molar-refractivity contribution in [1.82, 2.24) is 19.8 Å². The third-order valence-corrected chi connectivity index (χ3v) is 9.76. The molecule has 7 nitrogen and oxygen atoms in total. The first-order valence-electron chi connectivity index (χ1n) is 14.6. The fraction of sp³-hybridized carbons (Fsp3) is 0.406. The molecule has 1 fully saturated rings. The van der Waals surface area contributed by atoms with Crippen LogP contribution in [0, 0.1) is 5.82 Å². The van der Waals surface area contributed by atoms with Crippen LogP contribution >= 0.6 is 0 Å². The van der Waals surface area contributed by atoms with Gasteiger partial charge in [0.15, 0.2) is 0 Å². The minimum absolute atomic E-state index is 0.266. The van der Waals surface area contributed by atoms with Crippen LogP contribution in [0.15, 0.2) is 71.6 Å². The second-order valence-electron chi connectivity index (χ2n) is 11.6. The van der Waals surface area contributed by atoms with Crippen LogP contribution in [0.1, 0.15) is 59.2 Å². The van der Waals surface area contributed by atoms with Gasteiger partial charge in [-0.25, -0.2) is 17.5 Å². The first-order valence-corrected chi connectivity index (χ1v) is 16.1. The van der Waals surface area contributed by atoms with Gasteiger partial charge in [0.25, 0.3) is 0 Å². The molecule has 2 aliphatic rings. The van der Waals surface area contributed by atoms with E-state index in [-0.39, 0.29) is 12.5 Å². The third-order valence-electron chi connectivity index (χ3n) is 8.29. The van der Waals surface area contributed by atoms with Crippen molar-refractivity contribution in [3.8, 4) is 0 Å². The normalized spacial score (nSPS) is 18.9. The van der Waals surface area contributed by atoms with Crippen LogP contribution in [0.4, 0.5) is 17.6 Å². The molecule has 44 heavy (non-hydrogen) atoms. The maximum absolute atomic E-state index is 13.7. The number of alkyl halides is 3. The van der Waals surface area contributed by atoms with Gasteiger partial charge in [-0.15, -0.1) is 0 Å². The summed E-state index contributed by atoms with van der Waals surface area (Å²) in [7, 11) is -2.36. The molecule has 1 saturated heterocycles. The summed E-state index contributed by atoms with van der Waals surface area (Å²) in [6.45, 7) is 4.96. The highest BCUT2D eigenvalue weighted by atomic mass is 32.2. The summed E-state index contributed by atoms with van der Waals surface area (Å²) in [6.07, 6.45) is -2.58. The minimum Gasteiger partial charge on any atom is -0.349 e. The van der Waals surface area contributed by atoms with Crippen LogP contribution in [-0.2, 0) is 34.0 Å².